The largest absolute Gasteiger partial charge is 0.315 e. The Morgan fingerprint density at radius 1 is 1.31 bits per heavy atom. The summed E-state index contributed by atoms with van der Waals surface area (Å²) >= 11 is 0. The van der Waals surface area contributed by atoms with Crippen LogP contribution in [0.3, 0.4) is 0 Å². The van der Waals surface area contributed by atoms with Crippen LogP contribution in [-0.4, -0.2) is 34.3 Å². The molecule has 0 aliphatic rings. The Kier molecular flexibility index (Phi) is 6.56. The van der Waals surface area contributed by atoms with Crippen LogP contribution < -0.4 is 10.0 Å². The Bertz CT molecular complexity index is 330. The number of rotatable bonds is 8. The smallest absolute Gasteiger partial charge is 0.208 e. The highest BCUT2D eigenvalue weighted by atomic mass is 32.2. The van der Waals surface area contributed by atoms with Gasteiger partial charge in [-0.1, -0.05) is 13.8 Å². The molecule has 0 aliphatic carbocycles. The van der Waals surface area contributed by atoms with Gasteiger partial charge in [-0.15, -0.1) is 0 Å². The Morgan fingerprint density at radius 2 is 1.94 bits per heavy atom. The van der Waals surface area contributed by atoms with Crippen LogP contribution in [0.5, 0.6) is 0 Å². The van der Waals surface area contributed by atoms with E-state index in [4.69, 9.17) is 5.26 Å². The molecule has 0 saturated carbocycles. The molecule has 0 rings (SSSR count). The van der Waals surface area contributed by atoms with Crippen LogP contribution in [-0.2, 0) is 10.0 Å². The van der Waals surface area contributed by atoms with Gasteiger partial charge in [0.1, 0.15) is 0 Å². The number of hydrogen-bond acceptors (Lipinski definition) is 4. The SMILES string of the molecule is CC(C)(CCC#N)CNCCNS(C)(=O)=O. The van der Waals surface area contributed by atoms with Gasteiger partial charge in [0.25, 0.3) is 0 Å². The van der Waals surface area contributed by atoms with Crippen LogP contribution in [0.1, 0.15) is 26.7 Å². The maximum Gasteiger partial charge on any atom is 0.208 e. The summed E-state index contributed by atoms with van der Waals surface area (Å²) < 4.78 is 23.9. The maximum atomic E-state index is 10.8. The topological polar surface area (TPSA) is 82.0 Å². The molecule has 0 unspecified atom stereocenters. The van der Waals surface area contributed by atoms with Crippen molar-refractivity contribution in [3.63, 3.8) is 0 Å². The van der Waals surface area contributed by atoms with Gasteiger partial charge in [0.2, 0.25) is 10.0 Å². The van der Waals surface area contributed by atoms with E-state index in [9.17, 15) is 8.42 Å². The van der Waals surface area contributed by atoms with Gasteiger partial charge < -0.3 is 5.32 Å². The third-order valence-corrected chi connectivity index (χ3v) is 2.91. The second-order valence-electron chi connectivity index (χ2n) is 4.67. The highest BCUT2D eigenvalue weighted by Gasteiger charge is 2.16. The molecule has 0 atom stereocenters. The molecule has 16 heavy (non-hydrogen) atoms. The average molecular weight is 247 g/mol. The first-order valence-electron chi connectivity index (χ1n) is 5.29. The quantitative estimate of drug-likeness (QED) is 0.610. The van der Waals surface area contributed by atoms with Crippen LogP contribution in [0.4, 0.5) is 0 Å². The Balaban J connectivity index is 3.62. The van der Waals surface area contributed by atoms with E-state index in [2.05, 4.69) is 30.0 Å². The van der Waals surface area contributed by atoms with Crippen LogP contribution in [0.2, 0.25) is 0 Å². The Morgan fingerprint density at radius 3 is 2.44 bits per heavy atom. The lowest BCUT2D eigenvalue weighted by Crippen LogP contribution is -2.35. The van der Waals surface area contributed by atoms with E-state index >= 15 is 0 Å². The van der Waals surface area contributed by atoms with Gasteiger partial charge in [0, 0.05) is 26.1 Å². The third-order valence-electron chi connectivity index (χ3n) is 2.18. The minimum absolute atomic E-state index is 0.0703. The van der Waals surface area contributed by atoms with E-state index in [0.717, 1.165) is 19.2 Å². The molecular formula is C10H21N3O2S. The summed E-state index contributed by atoms with van der Waals surface area (Å²) in [7, 11) is -3.09. The van der Waals surface area contributed by atoms with Crippen molar-refractivity contribution in [2.75, 3.05) is 25.9 Å². The van der Waals surface area contributed by atoms with Gasteiger partial charge in [0.15, 0.2) is 0 Å². The number of nitrogens with one attached hydrogen (secondary N) is 2. The monoisotopic (exact) mass is 247 g/mol. The van der Waals surface area contributed by atoms with Crippen molar-refractivity contribution in [1.29, 1.82) is 5.26 Å². The van der Waals surface area contributed by atoms with Crippen molar-refractivity contribution in [3.05, 3.63) is 0 Å². The molecule has 0 aromatic carbocycles. The zero-order chi connectivity index (χ0) is 12.7. The lowest BCUT2D eigenvalue weighted by Gasteiger charge is -2.23. The minimum Gasteiger partial charge on any atom is -0.315 e. The van der Waals surface area contributed by atoms with Crippen molar-refractivity contribution in [2.45, 2.75) is 26.7 Å². The predicted octanol–water partition coefficient (Wildman–Crippen LogP) is 0.455. The molecule has 5 nitrogen and oxygen atoms in total. The second-order valence-corrected chi connectivity index (χ2v) is 6.50. The highest BCUT2D eigenvalue weighted by molar-refractivity contribution is 7.88. The first-order valence-corrected chi connectivity index (χ1v) is 7.18. The van der Waals surface area contributed by atoms with Crippen LogP contribution in [0.15, 0.2) is 0 Å². The fraction of sp³-hybridized carbons (Fsp3) is 0.900. The van der Waals surface area contributed by atoms with Crippen molar-refractivity contribution in [3.8, 4) is 6.07 Å². The molecule has 0 aromatic heterocycles. The van der Waals surface area contributed by atoms with Gasteiger partial charge in [-0.05, 0) is 11.8 Å². The minimum atomic E-state index is -3.09. The molecule has 2 N–H and O–H groups in total. The summed E-state index contributed by atoms with van der Waals surface area (Å²) in [5, 5.41) is 11.7. The van der Waals surface area contributed by atoms with Crippen molar-refractivity contribution in [2.24, 2.45) is 5.41 Å². The van der Waals surface area contributed by atoms with Gasteiger partial charge in [-0.2, -0.15) is 5.26 Å². The highest BCUT2D eigenvalue weighted by Crippen LogP contribution is 2.20. The molecule has 0 bridgehead atoms. The maximum absolute atomic E-state index is 10.8. The predicted molar refractivity (Wildman–Crippen MR) is 64.3 cm³/mol. The first kappa shape index (κ1) is 15.4. The summed E-state index contributed by atoms with van der Waals surface area (Å²) in [5.41, 5.74) is 0.0703. The van der Waals surface area contributed by atoms with Crippen molar-refractivity contribution >= 4 is 10.0 Å². The van der Waals surface area contributed by atoms with Crippen LogP contribution in [0.25, 0.3) is 0 Å². The van der Waals surface area contributed by atoms with Crippen LogP contribution >= 0.6 is 0 Å². The number of sulfonamides is 1. The van der Waals surface area contributed by atoms with E-state index in [1.807, 2.05) is 0 Å². The van der Waals surface area contributed by atoms with E-state index < -0.39 is 10.0 Å². The lowest BCUT2D eigenvalue weighted by atomic mass is 9.88. The van der Waals surface area contributed by atoms with E-state index in [1.54, 1.807) is 0 Å². The van der Waals surface area contributed by atoms with Crippen molar-refractivity contribution in [1.82, 2.24) is 10.0 Å². The molecule has 0 amide bonds. The van der Waals surface area contributed by atoms with Gasteiger partial charge in [-0.25, -0.2) is 13.1 Å². The van der Waals surface area contributed by atoms with E-state index in [0.29, 0.717) is 19.5 Å². The summed E-state index contributed by atoms with van der Waals surface area (Å²) in [5.74, 6) is 0. The normalized spacial score (nSPS) is 12.4. The molecule has 0 spiro atoms. The Hall–Kier alpha value is -0.640. The first-order chi connectivity index (χ1) is 7.27. The molecule has 94 valence electrons. The molecule has 0 aliphatic heterocycles. The zero-order valence-corrected chi connectivity index (χ0v) is 11.0. The molecule has 0 saturated heterocycles. The molecule has 0 heterocycles. The molecule has 6 heteroatoms. The van der Waals surface area contributed by atoms with Gasteiger partial charge in [0.05, 0.1) is 12.3 Å². The molecular weight excluding hydrogens is 226 g/mol. The number of nitriles is 1. The molecule has 0 fully saturated rings. The average Bonchev–Trinajstić information content (AvgIpc) is 2.12. The van der Waals surface area contributed by atoms with E-state index in [1.165, 1.54) is 0 Å². The summed E-state index contributed by atoms with van der Waals surface area (Å²) in [6.07, 6.45) is 2.54. The van der Waals surface area contributed by atoms with Gasteiger partial charge >= 0.3 is 0 Å². The molecule has 0 radical (unpaired) electrons. The summed E-state index contributed by atoms with van der Waals surface area (Å²) in [4.78, 5) is 0. The van der Waals surface area contributed by atoms with Crippen LogP contribution in [0, 0.1) is 16.7 Å². The second kappa shape index (κ2) is 6.84. The zero-order valence-electron chi connectivity index (χ0n) is 10.2. The summed E-state index contributed by atoms with van der Waals surface area (Å²) in [6, 6.07) is 2.13. The molecule has 0 aromatic rings. The Labute approximate surface area is 98.3 Å². The number of nitrogens with zero attached hydrogens (tertiary/aromatic N) is 1. The van der Waals surface area contributed by atoms with Crippen molar-refractivity contribution < 1.29 is 8.42 Å². The standard InChI is InChI=1S/C10H21N3O2S/c1-10(2,5-4-6-11)9-12-7-8-13-16(3,14)15/h12-13H,4-5,7-9H2,1-3H3. The third kappa shape index (κ3) is 9.90. The fourth-order valence-corrected chi connectivity index (χ4v) is 1.71. The van der Waals surface area contributed by atoms with E-state index in [-0.39, 0.29) is 5.41 Å². The fourth-order valence-electron chi connectivity index (χ4n) is 1.23. The lowest BCUT2D eigenvalue weighted by molar-refractivity contribution is 0.319. The van der Waals surface area contributed by atoms with Gasteiger partial charge in [-0.3, -0.25) is 0 Å². The summed E-state index contributed by atoms with van der Waals surface area (Å²) in [6.45, 7) is 5.94. The number of hydrogen-bond donors (Lipinski definition) is 2.